The number of methoxy groups -OCH3 is 1. The Bertz CT molecular complexity index is 565. The highest BCUT2D eigenvalue weighted by molar-refractivity contribution is 5.78. The van der Waals surface area contributed by atoms with Gasteiger partial charge in [0.1, 0.15) is 11.6 Å². The number of benzene rings is 1. The van der Waals surface area contributed by atoms with E-state index in [1.54, 1.807) is 19.4 Å². The summed E-state index contributed by atoms with van der Waals surface area (Å²) in [5.41, 5.74) is 2.66. The fraction of sp³-hybridized carbons (Fsp3) is 0.200. The van der Waals surface area contributed by atoms with Crippen LogP contribution in [-0.4, -0.2) is 18.4 Å². The summed E-state index contributed by atoms with van der Waals surface area (Å²) < 4.78 is 5.10. The van der Waals surface area contributed by atoms with Gasteiger partial charge in [-0.2, -0.15) is 0 Å². The van der Waals surface area contributed by atoms with Crippen LogP contribution >= 0.6 is 0 Å². The highest BCUT2D eigenvalue weighted by atomic mass is 16.5. The number of anilines is 1. The van der Waals surface area contributed by atoms with Crippen molar-refractivity contribution in [1.29, 1.82) is 0 Å². The van der Waals surface area contributed by atoms with E-state index in [1.165, 1.54) is 0 Å². The molecule has 2 aromatic rings. The predicted molar refractivity (Wildman–Crippen MR) is 74.7 cm³/mol. The number of carbonyl (C=O) groups is 1. The Kier molecular flexibility index (Phi) is 4.13. The van der Waals surface area contributed by atoms with Gasteiger partial charge >= 0.3 is 0 Å². The molecule has 0 radical (unpaired) electrons. The smallest absolute Gasteiger partial charge is 0.150 e. The Morgan fingerprint density at radius 3 is 2.68 bits per heavy atom. The molecule has 0 unspecified atom stereocenters. The molecule has 1 aromatic carbocycles. The average molecular weight is 256 g/mol. The lowest BCUT2D eigenvalue weighted by atomic mass is 10.2. The Morgan fingerprint density at radius 2 is 2.05 bits per heavy atom. The van der Waals surface area contributed by atoms with E-state index in [1.807, 2.05) is 31.2 Å². The van der Waals surface area contributed by atoms with E-state index < -0.39 is 0 Å². The van der Waals surface area contributed by atoms with Gasteiger partial charge in [0.05, 0.1) is 7.11 Å². The first kappa shape index (κ1) is 13.1. The van der Waals surface area contributed by atoms with E-state index in [0.717, 1.165) is 23.2 Å². The number of aromatic nitrogens is 1. The van der Waals surface area contributed by atoms with Crippen molar-refractivity contribution in [2.24, 2.45) is 0 Å². The molecule has 4 heteroatoms. The molecule has 0 aliphatic rings. The summed E-state index contributed by atoms with van der Waals surface area (Å²) in [6.07, 6.45) is 2.54. The molecule has 2 rings (SSSR count). The number of nitrogens with one attached hydrogen (secondary N) is 1. The zero-order valence-electron chi connectivity index (χ0n) is 11.0. The molecule has 98 valence electrons. The number of ether oxygens (including phenoxy) is 1. The Morgan fingerprint density at radius 1 is 1.32 bits per heavy atom. The molecule has 4 nitrogen and oxygen atoms in total. The molecule has 0 aliphatic heterocycles. The van der Waals surface area contributed by atoms with Crippen molar-refractivity contribution >= 4 is 12.1 Å². The second-order valence-electron chi connectivity index (χ2n) is 4.25. The quantitative estimate of drug-likeness (QED) is 0.836. The molecule has 0 atom stereocenters. The van der Waals surface area contributed by atoms with Crippen LogP contribution in [0.15, 0.2) is 36.5 Å². The van der Waals surface area contributed by atoms with Crippen LogP contribution in [0.25, 0.3) is 0 Å². The van der Waals surface area contributed by atoms with E-state index in [9.17, 15) is 4.79 Å². The number of aryl methyl sites for hydroxylation is 1. The first-order valence-corrected chi connectivity index (χ1v) is 6.01. The van der Waals surface area contributed by atoms with Crippen molar-refractivity contribution in [3.05, 3.63) is 53.2 Å². The highest BCUT2D eigenvalue weighted by Crippen LogP contribution is 2.14. The van der Waals surface area contributed by atoms with Crippen LogP contribution in [0.5, 0.6) is 5.75 Å². The molecule has 1 aromatic heterocycles. The van der Waals surface area contributed by atoms with Gasteiger partial charge in [-0.05, 0) is 36.2 Å². The zero-order valence-corrected chi connectivity index (χ0v) is 11.0. The van der Waals surface area contributed by atoms with Crippen LogP contribution in [0, 0.1) is 6.92 Å². The summed E-state index contributed by atoms with van der Waals surface area (Å²) in [5.74, 6) is 1.53. The first-order chi connectivity index (χ1) is 9.22. The largest absolute Gasteiger partial charge is 0.497 e. The Labute approximate surface area is 112 Å². The standard InChI is InChI=1S/C15H16N2O2/c1-11-8-16-15(7-13(11)10-18)17-9-12-3-5-14(19-2)6-4-12/h3-8,10H,9H2,1-2H3,(H,16,17). The molecule has 0 saturated carbocycles. The van der Waals surface area contributed by atoms with E-state index in [4.69, 9.17) is 4.74 Å². The lowest BCUT2D eigenvalue weighted by molar-refractivity contribution is 0.112. The molecule has 1 N–H and O–H groups in total. The van der Waals surface area contributed by atoms with Gasteiger partial charge in [-0.1, -0.05) is 12.1 Å². The van der Waals surface area contributed by atoms with Crippen LogP contribution in [-0.2, 0) is 6.54 Å². The number of pyridine rings is 1. The highest BCUT2D eigenvalue weighted by Gasteiger charge is 2.01. The van der Waals surface area contributed by atoms with Crippen molar-refractivity contribution in [3.8, 4) is 5.75 Å². The second kappa shape index (κ2) is 6.00. The third kappa shape index (κ3) is 3.31. The molecule has 0 fully saturated rings. The van der Waals surface area contributed by atoms with Gasteiger partial charge in [-0.15, -0.1) is 0 Å². The molecular formula is C15H16N2O2. The minimum atomic E-state index is 0.651. The monoisotopic (exact) mass is 256 g/mol. The van der Waals surface area contributed by atoms with E-state index in [2.05, 4.69) is 10.3 Å². The second-order valence-corrected chi connectivity index (χ2v) is 4.25. The molecule has 1 heterocycles. The lowest BCUT2D eigenvalue weighted by Crippen LogP contribution is -2.02. The van der Waals surface area contributed by atoms with E-state index in [-0.39, 0.29) is 0 Å². The summed E-state index contributed by atoms with van der Waals surface area (Å²) in [6.45, 7) is 2.52. The van der Waals surface area contributed by atoms with Gasteiger partial charge in [0.15, 0.2) is 6.29 Å². The summed E-state index contributed by atoms with van der Waals surface area (Å²) >= 11 is 0. The molecule has 0 aliphatic carbocycles. The van der Waals surface area contributed by atoms with Gasteiger partial charge in [0.25, 0.3) is 0 Å². The third-order valence-corrected chi connectivity index (χ3v) is 2.90. The summed E-state index contributed by atoms with van der Waals surface area (Å²) in [6, 6.07) is 9.56. The van der Waals surface area contributed by atoms with Crippen molar-refractivity contribution in [2.75, 3.05) is 12.4 Å². The number of aldehydes is 1. The zero-order chi connectivity index (χ0) is 13.7. The average Bonchev–Trinajstić information content (AvgIpc) is 2.47. The minimum absolute atomic E-state index is 0.651. The van der Waals surface area contributed by atoms with Gasteiger partial charge < -0.3 is 10.1 Å². The maximum atomic E-state index is 10.9. The topological polar surface area (TPSA) is 51.2 Å². The van der Waals surface area contributed by atoms with Gasteiger partial charge in [-0.3, -0.25) is 4.79 Å². The van der Waals surface area contributed by atoms with E-state index in [0.29, 0.717) is 17.9 Å². The van der Waals surface area contributed by atoms with Crippen LogP contribution < -0.4 is 10.1 Å². The SMILES string of the molecule is COc1ccc(CNc2cc(C=O)c(C)cn2)cc1. The van der Waals surface area contributed by atoms with Gasteiger partial charge in [-0.25, -0.2) is 4.98 Å². The lowest BCUT2D eigenvalue weighted by Gasteiger charge is -2.08. The van der Waals surface area contributed by atoms with Crippen molar-refractivity contribution in [1.82, 2.24) is 4.98 Å². The van der Waals surface area contributed by atoms with Crippen LogP contribution in [0.3, 0.4) is 0 Å². The number of carbonyl (C=O) groups excluding carboxylic acids is 1. The van der Waals surface area contributed by atoms with Gasteiger partial charge in [0.2, 0.25) is 0 Å². The molecule has 0 amide bonds. The maximum absolute atomic E-state index is 10.9. The summed E-state index contributed by atoms with van der Waals surface area (Å²) in [7, 11) is 1.64. The molecule has 0 spiro atoms. The number of nitrogens with zero attached hydrogens (tertiary/aromatic N) is 1. The summed E-state index contributed by atoms with van der Waals surface area (Å²) in [4.78, 5) is 15.1. The predicted octanol–water partition coefficient (Wildman–Crippen LogP) is 2.82. The van der Waals surface area contributed by atoms with Crippen LogP contribution in [0.1, 0.15) is 21.5 Å². The normalized spacial score (nSPS) is 10.0. The molecule has 0 bridgehead atoms. The number of rotatable bonds is 5. The first-order valence-electron chi connectivity index (χ1n) is 6.01. The molecule has 19 heavy (non-hydrogen) atoms. The van der Waals surface area contributed by atoms with Crippen LogP contribution in [0.4, 0.5) is 5.82 Å². The Hall–Kier alpha value is -2.36. The van der Waals surface area contributed by atoms with Crippen molar-refractivity contribution in [2.45, 2.75) is 13.5 Å². The van der Waals surface area contributed by atoms with Crippen molar-refractivity contribution < 1.29 is 9.53 Å². The van der Waals surface area contributed by atoms with E-state index >= 15 is 0 Å². The van der Waals surface area contributed by atoms with Crippen molar-refractivity contribution in [3.63, 3.8) is 0 Å². The molecule has 0 saturated heterocycles. The van der Waals surface area contributed by atoms with Crippen LogP contribution in [0.2, 0.25) is 0 Å². The maximum Gasteiger partial charge on any atom is 0.150 e. The Balaban J connectivity index is 2.03. The number of hydrogen-bond donors (Lipinski definition) is 1. The minimum Gasteiger partial charge on any atom is -0.497 e. The number of hydrogen-bond acceptors (Lipinski definition) is 4. The fourth-order valence-electron chi connectivity index (χ4n) is 1.70. The third-order valence-electron chi connectivity index (χ3n) is 2.90. The fourth-order valence-corrected chi connectivity index (χ4v) is 1.70. The summed E-state index contributed by atoms with van der Waals surface area (Å²) in [5, 5.41) is 3.19. The van der Waals surface area contributed by atoms with Gasteiger partial charge in [0, 0.05) is 18.3 Å². The molecular weight excluding hydrogens is 240 g/mol.